The molecule has 1 heterocycles. The van der Waals surface area contributed by atoms with Crippen molar-refractivity contribution in [2.45, 2.75) is 6.42 Å². The van der Waals surface area contributed by atoms with E-state index in [-0.39, 0.29) is 19.0 Å². The van der Waals surface area contributed by atoms with Gasteiger partial charge >= 0.3 is 5.97 Å². The summed E-state index contributed by atoms with van der Waals surface area (Å²) in [7, 11) is 1.18. The number of hydrogen-bond acceptors (Lipinski definition) is 6. The minimum absolute atomic E-state index is 0.121. The lowest BCUT2D eigenvalue weighted by Gasteiger charge is -2.06. The molecule has 0 fully saturated rings. The molecule has 6 nitrogen and oxygen atoms in total. The maximum Gasteiger partial charge on any atom is 0.323 e. The van der Waals surface area contributed by atoms with E-state index in [0.29, 0.717) is 17.1 Å². The molecule has 0 radical (unpaired) electrons. The van der Waals surface area contributed by atoms with E-state index in [9.17, 15) is 9.59 Å². The maximum atomic E-state index is 12.0. The number of hydrogen-bond donors (Lipinski definition) is 0. The zero-order valence-electron chi connectivity index (χ0n) is 10.2. The topological polar surface area (TPSA) is 85.6 Å². The summed E-state index contributed by atoms with van der Waals surface area (Å²) in [6.07, 6.45) is -0.219. The Morgan fingerprint density at radius 2 is 2.16 bits per heavy atom. The third kappa shape index (κ3) is 2.65. The van der Waals surface area contributed by atoms with Gasteiger partial charge in [-0.25, -0.2) is 0 Å². The van der Waals surface area contributed by atoms with Gasteiger partial charge in [-0.15, -0.1) is 0 Å². The summed E-state index contributed by atoms with van der Waals surface area (Å²) in [5.41, 5.74) is 0.369. The van der Waals surface area contributed by atoms with Gasteiger partial charge in [0.05, 0.1) is 13.2 Å². The fraction of sp³-hybridized carbons (Fsp3) is 0.308. The number of nitrogens with zero attached hydrogens (tertiary/aromatic N) is 1. The van der Waals surface area contributed by atoms with Crippen LogP contribution in [-0.2, 0) is 9.53 Å². The van der Waals surface area contributed by atoms with Gasteiger partial charge in [0.2, 0.25) is 6.79 Å². The molecule has 1 unspecified atom stereocenters. The molecule has 1 atom stereocenters. The SMILES string of the molecule is COC(=O)C(C#N)CC(=O)c1ccc2c(c1)OCO2. The number of fused-ring (bicyclic) bond motifs is 1. The van der Waals surface area contributed by atoms with Crippen molar-refractivity contribution in [2.24, 2.45) is 5.92 Å². The molecule has 0 aromatic heterocycles. The molecule has 1 aliphatic rings. The highest BCUT2D eigenvalue weighted by Crippen LogP contribution is 2.33. The number of ketones is 1. The first-order valence-corrected chi connectivity index (χ1v) is 5.56. The van der Waals surface area contributed by atoms with E-state index in [1.54, 1.807) is 18.2 Å². The van der Waals surface area contributed by atoms with Crippen LogP contribution >= 0.6 is 0 Å². The normalized spacial score (nSPS) is 13.5. The van der Waals surface area contributed by atoms with Crippen LogP contribution in [0, 0.1) is 17.2 Å². The van der Waals surface area contributed by atoms with Gasteiger partial charge in [0, 0.05) is 12.0 Å². The fourth-order valence-corrected chi connectivity index (χ4v) is 1.70. The largest absolute Gasteiger partial charge is 0.468 e. The smallest absolute Gasteiger partial charge is 0.323 e. The van der Waals surface area contributed by atoms with Gasteiger partial charge in [-0.05, 0) is 18.2 Å². The van der Waals surface area contributed by atoms with Gasteiger partial charge in [0.15, 0.2) is 23.2 Å². The summed E-state index contributed by atoms with van der Waals surface area (Å²) in [6, 6.07) is 6.48. The zero-order chi connectivity index (χ0) is 13.8. The van der Waals surface area contributed by atoms with Crippen molar-refractivity contribution in [3.05, 3.63) is 23.8 Å². The average Bonchev–Trinajstić information content (AvgIpc) is 2.90. The number of nitriles is 1. The van der Waals surface area contributed by atoms with Crippen LogP contribution in [0.3, 0.4) is 0 Å². The second-order valence-electron chi connectivity index (χ2n) is 3.90. The Labute approximate surface area is 109 Å². The lowest BCUT2D eigenvalue weighted by Crippen LogP contribution is -2.18. The van der Waals surface area contributed by atoms with Crippen molar-refractivity contribution >= 4 is 11.8 Å². The fourth-order valence-electron chi connectivity index (χ4n) is 1.70. The predicted octanol–water partition coefficient (Wildman–Crippen LogP) is 1.30. The van der Waals surface area contributed by atoms with Crippen LogP contribution in [0.25, 0.3) is 0 Å². The van der Waals surface area contributed by atoms with Crippen LogP contribution < -0.4 is 9.47 Å². The van der Waals surface area contributed by atoms with E-state index < -0.39 is 11.9 Å². The Balaban J connectivity index is 2.12. The molecule has 0 aliphatic carbocycles. The van der Waals surface area contributed by atoms with E-state index in [2.05, 4.69) is 4.74 Å². The van der Waals surface area contributed by atoms with Gasteiger partial charge < -0.3 is 14.2 Å². The monoisotopic (exact) mass is 261 g/mol. The first-order chi connectivity index (χ1) is 9.15. The second-order valence-corrected chi connectivity index (χ2v) is 3.90. The minimum Gasteiger partial charge on any atom is -0.468 e. The molecule has 0 amide bonds. The molecule has 2 rings (SSSR count). The molecule has 6 heteroatoms. The summed E-state index contributed by atoms with van der Waals surface area (Å²) < 4.78 is 14.7. The Hall–Kier alpha value is -2.55. The lowest BCUT2D eigenvalue weighted by atomic mass is 9.99. The number of benzene rings is 1. The van der Waals surface area contributed by atoms with Crippen molar-refractivity contribution in [1.82, 2.24) is 0 Å². The summed E-state index contributed by atoms with van der Waals surface area (Å²) in [5, 5.41) is 8.83. The number of esters is 1. The quantitative estimate of drug-likeness (QED) is 0.600. The minimum atomic E-state index is -1.09. The summed E-state index contributed by atoms with van der Waals surface area (Å²) in [5.74, 6) is -1.08. The number of methoxy groups -OCH3 is 1. The molecule has 98 valence electrons. The number of Topliss-reactive ketones (excluding diaryl/α,β-unsaturated/α-hetero) is 1. The van der Waals surface area contributed by atoms with E-state index in [1.165, 1.54) is 13.2 Å². The van der Waals surface area contributed by atoms with Crippen molar-refractivity contribution in [3.63, 3.8) is 0 Å². The molecule has 0 N–H and O–H groups in total. The molecule has 1 aliphatic heterocycles. The molecule has 1 aromatic carbocycles. The van der Waals surface area contributed by atoms with Crippen LogP contribution in [0.15, 0.2) is 18.2 Å². The van der Waals surface area contributed by atoms with Gasteiger partial charge in [-0.3, -0.25) is 9.59 Å². The first kappa shape index (κ1) is 12.9. The number of carbonyl (C=O) groups is 2. The van der Waals surface area contributed by atoms with Gasteiger partial charge in [0.1, 0.15) is 0 Å². The Bertz CT molecular complexity index is 561. The molecule has 0 saturated carbocycles. The Kier molecular flexibility index (Phi) is 3.66. The summed E-state index contributed by atoms with van der Waals surface area (Å²) in [4.78, 5) is 23.2. The van der Waals surface area contributed by atoms with Gasteiger partial charge in [-0.1, -0.05) is 0 Å². The molecule has 0 saturated heterocycles. The van der Waals surface area contributed by atoms with E-state index in [0.717, 1.165) is 0 Å². The van der Waals surface area contributed by atoms with Crippen molar-refractivity contribution in [1.29, 1.82) is 5.26 Å². The third-order valence-corrected chi connectivity index (χ3v) is 2.73. The van der Waals surface area contributed by atoms with Crippen LogP contribution in [0.1, 0.15) is 16.8 Å². The molecular weight excluding hydrogens is 250 g/mol. The second kappa shape index (κ2) is 5.40. The Morgan fingerprint density at radius 3 is 2.84 bits per heavy atom. The van der Waals surface area contributed by atoms with E-state index in [4.69, 9.17) is 14.7 Å². The lowest BCUT2D eigenvalue weighted by molar-refractivity contribution is -0.143. The predicted molar refractivity (Wildman–Crippen MR) is 62.6 cm³/mol. The molecule has 19 heavy (non-hydrogen) atoms. The van der Waals surface area contributed by atoms with Crippen LogP contribution in [0.5, 0.6) is 11.5 Å². The zero-order valence-corrected chi connectivity index (χ0v) is 10.2. The number of ether oxygens (including phenoxy) is 3. The molecular formula is C13H11NO5. The standard InChI is InChI=1S/C13H11NO5/c1-17-13(16)9(6-14)4-10(15)8-2-3-11-12(5-8)19-7-18-11/h2-3,5,9H,4,7H2,1H3. The van der Waals surface area contributed by atoms with Crippen LogP contribution in [0.4, 0.5) is 0 Å². The van der Waals surface area contributed by atoms with E-state index >= 15 is 0 Å². The van der Waals surface area contributed by atoms with Crippen molar-refractivity contribution < 1.29 is 23.8 Å². The van der Waals surface area contributed by atoms with Crippen molar-refractivity contribution in [2.75, 3.05) is 13.9 Å². The average molecular weight is 261 g/mol. The van der Waals surface area contributed by atoms with Crippen LogP contribution in [0.2, 0.25) is 0 Å². The number of carbonyl (C=O) groups excluding carboxylic acids is 2. The highest BCUT2D eigenvalue weighted by atomic mass is 16.7. The maximum absolute atomic E-state index is 12.0. The number of rotatable bonds is 4. The Morgan fingerprint density at radius 1 is 1.42 bits per heavy atom. The van der Waals surface area contributed by atoms with Gasteiger partial charge in [-0.2, -0.15) is 5.26 Å². The summed E-state index contributed by atoms with van der Waals surface area (Å²) >= 11 is 0. The summed E-state index contributed by atoms with van der Waals surface area (Å²) in [6.45, 7) is 0.121. The van der Waals surface area contributed by atoms with E-state index in [1.807, 2.05) is 0 Å². The first-order valence-electron chi connectivity index (χ1n) is 5.56. The molecule has 0 bridgehead atoms. The molecule has 1 aromatic rings. The highest BCUT2D eigenvalue weighted by Gasteiger charge is 2.24. The van der Waals surface area contributed by atoms with Crippen molar-refractivity contribution in [3.8, 4) is 17.6 Å². The molecule has 0 spiro atoms. The van der Waals surface area contributed by atoms with Gasteiger partial charge in [0.25, 0.3) is 0 Å². The third-order valence-electron chi connectivity index (χ3n) is 2.73. The van der Waals surface area contributed by atoms with Crippen LogP contribution in [-0.4, -0.2) is 25.7 Å². The highest BCUT2D eigenvalue weighted by molar-refractivity contribution is 5.99.